The molecule has 1 aliphatic rings. The van der Waals surface area contributed by atoms with Crippen molar-refractivity contribution in [1.82, 2.24) is 0 Å². The number of hydrogen-bond acceptors (Lipinski definition) is 1. The van der Waals surface area contributed by atoms with Crippen LogP contribution in [0.3, 0.4) is 0 Å². The fourth-order valence-corrected chi connectivity index (χ4v) is 2.36. The third-order valence-electron chi connectivity index (χ3n) is 3.75. The largest absolute Gasteiger partial charge is 0.294 e. The Bertz CT molecular complexity index is 536. The summed E-state index contributed by atoms with van der Waals surface area (Å²) in [5.74, 6) is 0.605. The van der Waals surface area contributed by atoms with E-state index in [1.165, 1.54) is 17.5 Å². The molecule has 0 unspecified atom stereocenters. The number of hydrogen-bond donors (Lipinski definition) is 0. The lowest BCUT2D eigenvalue weighted by atomic mass is 9.80. The maximum atomic E-state index is 12.1. The van der Waals surface area contributed by atoms with Crippen LogP contribution in [0.4, 0.5) is 0 Å². The van der Waals surface area contributed by atoms with Crippen LogP contribution in [-0.2, 0) is 0 Å². The number of benzene rings is 2. The molecule has 0 atom stereocenters. The molecule has 1 saturated carbocycles. The van der Waals surface area contributed by atoms with Crippen LogP contribution in [0.5, 0.6) is 0 Å². The molecule has 0 amide bonds. The molecule has 90 valence electrons. The van der Waals surface area contributed by atoms with Crippen molar-refractivity contribution in [2.75, 3.05) is 0 Å². The highest BCUT2D eigenvalue weighted by Gasteiger charge is 2.25. The van der Waals surface area contributed by atoms with Crippen molar-refractivity contribution in [1.29, 1.82) is 0 Å². The van der Waals surface area contributed by atoms with Crippen LogP contribution < -0.4 is 0 Å². The van der Waals surface area contributed by atoms with Crippen molar-refractivity contribution in [3.8, 4) is 11.1 Å². The van der Waals surface area contributed by atoms with Gasteiger partial charge >= 0.3 is 0 Å². The summed E-state index contributed by atoms with van der Waals surface area (Å²) < 4.78 is 0. The van der Waals surface area contributed by atoms with Crippen molar-refractivity contribution in [2.24, 2.45) is 5.92 Å². The fourth-order valence-electron chi connectivity index (χ4n) is 2.36. The van der Waals surface area contributed by atoms with Crippen LogP contribution in [0.25, 0.3) is 11.1 Å². The Morgan fingerprint density at radius 2 is 1.44 bits per heavy atom. The second kappa shape index (κ2) is 4.77. The maximum Gasteiger partial charge on any atom is 0.165 e. The molecule has 1 heteroatoms. The maximum absolute atomic E-state index is 12.1. The minimum absolute atomic E-state index is 0.285. The summed E-state index contributed by atoms with van der Waals surface area (Å²) >= 11 is 0. The number of rotatable bonds is 3. The normalized spacial score (nSPS) is 15.1. The van der Waals surface area contributed by atoms with E-state index in [9.17, 15) is 4.79 Å². The highest BCUT2D eigenvalue weighted by molar-refractivity contribution is 5.98. The predicted molar refractivity (Wildman–Crippen MR) is 73.5 cm³/mol. The average molecular weight is 236 g/mol. The lowest BCUT2D eigenvalue weighted by Crippen LogP contribution is -2.21. The lowest BCUT2D eigenvalue weighted by Gasteiger charge is -2.23. The summed E-state index contributed by atoms with van der Waals surface area (Å²) in [7, 11) is 0. The Kier molecular flexibility index (Phi) is 2.97. The Labute approximate surface area is 107 Å². The first-order valence-electron chi connectivity index (χ1n) is 6.54. The van der Waals surface area contributed by atoms with Crippen molar-refractivity contribution < 1.29 is 4.79 Å². The van der Waals surface area contributed by atoms with Crippen LogP contribution in [-0.4, -0.2) is 5.78 Å². The predicted octanol–water partition coefficient (Wildman–Crippen LogP) is 4.34. The molecule has 0 bridgehead atoms. The standard InChI is InChI=1S/C17H16O/c18-17(15-7-4-8-15)16-11-9-14(10-12-16)13-5-2-1-3-6-13/h1-3,5-6,9-12,15H,4,7-8H2. The van der Waals surface area contributed by atoms with Crippen LogP contribution >= 0.6 is 0 Å². The van der Waals surface area contributed by atoms with E-state index in [1.54, 1.807) is 0 Å². The number of ketones is 1. The van der Waals surface area contributed by atoms with Gasteiger partial charge in [0.25, 0.3) is 0 Å². The molecule has 0 aliphatic heterocycles. The van der Waals surface area contributed by atoms with Crippen molar-refractivity contribution in [2.45, 2.75) is 19.3 Å². The zero-order valence-electron chi connectivity index (χ0n) is 10.3. The zero-order valence-corrected chi connectivity index (χ0v) is 10.3. The fraction of sp³-hybridized carbons (Fsp3) is 0.235. The minimum atomic E-state index is 0.285. The van der Waals surface area contributed by atoms with E-state index in [0.29, 0.717) is 5.78 Å². The van der Waals surface area contributed by atoms with Gasteiger partial charge in [0.05, 0.1) is 0 Å². The summed E-state index contributed by atoms with van der Waals surface area (Å²) in [5.41, 5.74) is 3.22. The molecule has 2 aromatic carbocycles. The van der Waals surface area contributed by atoms with Gasteiger partial charge in [0, 0.05) is 11.5 Å². The van der Waals surface area contributed by atoms with Crippen LogP contribution in [0.2, 0.25) is 0 Å². The van der Waals surface area contributed by atoms with E-state index >= 15 is 0 Å². The Morgan fingerprint density at radius 3 is 2.00 bits per heavy atom. The van der Waals surface area contributed by atoms with Crippen molar-refractivity contribution in [3.63, 3.8) is 0 Å². The molecular formula is C17H16O. The minimum Gasteiger partial charge on any atom is -0.294 e. The summed E-state index contributed by atoms with van der Waals surface area (Å²) in [6.07, 6.45) is 3.34. The average Bonchev–Trinajstić information content (AvgIpc) is 2.38. The number of Topliss-reactive ketones (excluding diaryl/α,β-unsaturated/α-hetero) is 1. The zero-order chi connectivity index (χ0) is 12.4. The molecule has 0 heterocycles. The highest BCUT2D eigenvalue weighted by Crippen LogP contribution is 2.30. The van der Waals surface area contributed by atoms with Crippen molar-refractivity contribution in [3.05, 3.63) is 60.2 Å². The molecular weight excluding hydrogens is 220 g/mol. The molecule has 2 aromatic rings. The summed E-state index contributed by atoms with van der Waals surface area (Å²) in [5, 5.41) is 0. The van der Waals surface area contributed by atoms with Gasteiger partial charge in [-0.25, -0.2) is 0 Å². The molecule has 1 fully saturated rings. The molecule has 0 spiro atoms. The molecule has 0 N–H and O–H groups in total. The monoisotopic (exact) mass is 236 g/mol. The highest BCUT2D eigenvalue weighted by atomic mass is 16.1. The first kappa shape index (κ1) is 11.2. The van der Waals surface area contributed by atoms with Gasteiger partial charge < -0.3 is 0 Å². The first-order valence-corrected chi connectivity index (χ1v) is 6.54. The van der Waals surface area contributed by atoms with Gasteiger partial charge in [-0.2, -0.15) is 0 Å². The number of carbonyl (C=O) groups excluding carboxylic acids is 1. The van der Waals surface area contributed by atoms with E-state index in [2.05, 4.69) is 12.1 Å². The Morgan fingerprint density at radius 1 is 0.833 bits per heavy atom. The molecule has 18 heavy (non-hydrogen) atoms. The quantitative estimate of drug-likeness (QED) is 0.725. The first-order chi connectivity index (χ1) is 8.84. The van der Waals surface area contributed by atoms with E-state index in [1.807, 2.05) is 42.5 Å². The van der Waals surface area contributed by atoms with Crippen molar-refractivity contribution >= 4 is 5.78 Å². The SMILES string of the molecule is O=C(c1ccc(-c2ccccc2)cc1)C1CCC1. The van der Waals surface area contributed by atoms with Gasteiger partial charge in [0.2, 0.25) is 0 Å². The third-order valence-corrected chi connectivity index (χ3v) is 3.75. The second-order valence-electron chi connectivity index (χ2n) is 4.94. The summed E-state index contributed by atoms with van der Waals surface area (Å²) in [6.45, 7) is 0. The van der Waals surface area contributed by atoms with Crippen LogP contribution in [0.15, 0.2) is 54.6 Å². The molecule has 0 radical (unpaired) electrons. The van der Waals surface area contributed by atoms with Gasteiger partial charge in [-0.05, 0) is 24.0 Å². The molecule has 1 nitrogen and oxygen atoms in total. The van der Waals surface area contributed by atoms with Crippen LogP contribution in [0, 0.1) is 5.92 Å². The molecule has 1 aliphatic carbocycles. The smallest absolute Gasteiger partial charge is 0.165 e. The molecule has 0 saturated heterocycles. The van der Waals surface area contributed by atoms with Gasteiger partial charge in [-0.3, -0.25) is 4.79 Å². The third kappa shape index (κ3) is 2.08. The van der Waals surface area contributed by atoms with E-state index < -0.39 is 0 Å². The molecule has 3 rings (SSSR count). The van der Waals surface area contributed by atoms with E-state index in [0.717, 1.165) is 18.4 Å². The van der Waals surface area contributed by atoms with Crippen LogP contribution in [0.1, 0.15) is 29.6 Å². The summed E-state index contributed by atoms with van der Waals surface area (Å²) in [6, 6.07) is 18.3. The summed E-state index contributed by atoms with van der Waals surface area (Å²) in [4.78, 5) is 12.1. The van der Waals surface area contributed by atoms with E-state index in [-0.39, 0.29) is 5.92 Å². The topological polar surface area (TPSA) is 17.1 Å². The second-order valence-corrected chi connectivity index (χ2v) is 4.94. The van der Waals surface area contributed by atoms with Gasteiger partial charge in [-0.15, -0.1) is 0 Å². The van der Waals surface area contributed by atoms with Gasteiger partial charge in [0.1, 0.15) is 0 Å². The van der Waals surface area contributed by atoms with Gasteiger partial charge in [-0.1, -0.05) is 61.0 Å². The van der Waals surface area contributed by atoms with E-state index in [4.69, 9.17) is 0 Å². The molecule has 0 aromatic heterocycles. The number of carbonyl (C=O) groups is 1. The lowest BCUT2D eigenvalue weighted by molar-refractivity contribution is 0.0855. The Hall–Kier alpha value is -1.89. The Balaban J connectivity index is 1.83. The van der Waals surface area contributed by atoms with Gasteiger partial charge in [0.15, 0.2) is 5.78 Å².